The van der Waals surface area contributed by atoms with E-state index in [0.29, 0.717) is 15.2 Å². The Morgan fingerprint density at radius 2 is 1.89 bits per heavy atom. The molecule has 0 saturated carbocycles. The third-order valence-corrected chi connectivity index (χ3v) is 3.56. The summed E-state index contributed by atoms with van der Waals surface area (Å²) in [5.74, 6) is -1.07. The molecule has 0 atom stereocenters. The van der Waals surface area contributed by atoms with Crippen molar-refractivity contribution >= 4 is 50.7 Å². The van der Waals surface area contributed by atoms with Crippen LogP contribution in [-0.4, -0.2) is 5.91 Å². The highest BCUT2D eigenvalue weighted by Gasteiger charge is 2.10. The van der Waals surface area contributed by atoms with Crippen LogP contribution in [0.1, 0.15) is 10.4 Å². The summed E-state index contributed by atoms with van der Waals surface area (Å²) < 4.78 is 13.9. The van der Waals surface area contributed by atoms with Gasteiger partial charge in [0, 0.05) is 15.1 Å². The number of hydrogen-bond acceptors (Lipinski definition) is 1. The molecule has 2 aromatic carbocycles. The summed E-state index contributed by atoms with van der Waals surface area (Å²) >= 11 is 14.6. The van der Waals surface area contributed by atoms with E-state index in [4.69, 9.17) is 23.2 Å². The molecular weight excluding hydrogens is 356 g/mol. The Bertz CT molecular complexity index is 649. The van der Waals surface area contributed by atoms with Gasteiger partial charge in [0.05, 0.1) is 10.7 Å². The van der Waals surface area contributed by atoms with E-state index in [0.717, 1.165) is 6.07 Å². The fourth-order valence-corrected chi connectivity index (χ4v) is 2.32. The molecule has 1 amide bonds. The van der Waals surface area contributed by atoms with Gasteiger partial charge < -0.3 is 5.32 Å². The first-order valence-electron chi connectivity index (χ1n) is 5.19. The third kappa shape index (κ3) is 3.47. The van der Waals surface area contributed by atoms with Crippen LogP contribution in [0.2, 0.25) is 10.0 Å². The first-order chi connectivity index (χ1) is 8.97. The predicted octanol–water partition coefficient (Wildman–Crippen LogP) is 5.15. The van der Waals surface area contributed by atoms with Gasteiger partial charge in [0.15, 0.2) is 0 Å². The molecule has 0 aliphatic carbocycles. The number of halogens is 4. The fourth-order valence-electron chi connectivity index (χ4n) is 1.42. The Balaban J connectivity index is 2.23. The molecule has 6 heteroatoms. The standard InChI is InChI=1S/C13H7BrCl2FNO/c14-9-6-8(15)2-4-12(9)18-13(19)7-1-3-10(16)11(17)5-7/h1-6H,(H,18,19). The average Bonchev–Trinajstić information content (AvgIpc) is 2.36. The molecule has 2 nitrogen and oxygen atoms in total. The van der Waals surface area contributed by atoms with Crippen LogP contribution in [0.15, 0.2) is 40.9 Å². The molecule has 19 heavy (non-hydrogen) atoms. The van der Waals surface area contributed by atoms with Crippen molar-refractivity contribution in [3.8, 4) is 0 Å². The third-order valence-electron chi connectivity index (χ3n) is 2.36. The lowest BCUT2D eigenvalue weighted by Gasteiger charge is -2.08. The number of amides is 1. The normalized spacial score (nSPS) is 10.3. The van der Waals surface area contributed by atoms with Gasteiger partial charge in [-0.2, -0.15) is 0 Å². The molecule has 0 radical (unpaired) electrons. The minimum atomic E-state index is -0.635. The van der Waals surface area contributed by atoms with Gasteiger partial charge in [-0.25, -0.2) is 4.39 Å². The van der Waals surface area contributed by atoms with Crippen LogP contribution >= 0.6 is 39.1 Å². The maximum atomic E-state index is 13.3. The zero-order chi connectivity index (χ0) is 14.0. The molecule has 98 valence electrons. The Hall–Kier alpha value is -1.10. The Labute approximate surface area is 127 Å². The van der Waals surface area contributed by atoms with Gasteiger partial charge in [-0.1, -0.05) is 23.2 Å². The topological polar surface area (TPSA) is 29.1 Å². The number of carbonyl (C=O) groups is 1. The van der Waals surface area contributed by atoms with Crippen molar-refractivity contribution in [1.82, 2.24) is 0 Å². The van der Waals surface area contributed by atoms with Gasteiger partial charge in [0.2, 0.25) is 0 Å². The van der Waals surface area contributed by atoms with Crippen molar-refractivity contribution in [2.24, 2.45) is 0 Å². The van der Waals surface area contributed by atoms with E-state index in [-0.39, 0.29) is 10.6 Å². The second kappa shape index (κ2) is 5.90. The van der Waals surface area contributed by atoms with Gasteiger partial charge >= 0.3 is 0 Å². The number of carbonyl (C=O) groups excluding carboxylic acids is 1. The minimum Gasteiger partial charge on any atom is -0.321 e. The SMILES string of the molecule is O=C(Nc1ccc(Cl)cc1Br)c1ccc(Cl)c(F)c1. The Morgan fingerprint density at radius 1 is 1.16 bits per heavy atom. The van der Waals surface area contributed by atoms with Crippen LogP contribution in [0.5, 0.6) is 0 Å². The van der Waals surface area contributed by atoms with E-state index in [1.54, 1.807) is 18.2 Å². The van der Waals surface area contributed by atoms with E-state index in [2.05, 4.69) is 21.2 Å². The number of benzene rings is 2. The summed E-state index contributed by atoms with van der Waals surface area (Å²) in [5, 5.41) is 3.17. The van der Waals surface area contributed by atoms with Gasteiger partial charge in [0.25, 0.3) is 5.91 Å². The summed E-state index contributed by atoms with van der Waals surface area (Å²) in [6.45, 7) is 0. The highest BCUT2D eigenvalue weighted by molar-refractivity contribution is 9.10. The van der Waals surface area contributed by atoms with Gasteiger partial charge in [0.1, 0.15) is 5.82 Å². The highest BCUT2D eigenvalue weighted by atomic mass is 79.9. The summed E-state index contributed by atoms with van der Waals surface area (Å²) in [6.07, 6.45) is 0. The molecule has 0 aliphatic rings. The molecule has 0 fully saturated rings. The lowest BCUT2D eigenvalue weighted by atomic mass is 10.2. The van der Waals surface area contributed by atoms with E-state index in [1.165, 1.54) is 12.1 Å². The van der Waals surface area contributed by atoms with Crippen molar-refractivity contribution in [1.29, 1.82) is 0 Å². The molecule has 1 N–H and O–H groups in total. The van der Waals surface area contributed by atoms with Crippen molar-refractivity contribution in [2.75, 3.05) is 5.32 Å². The smallest absolute Gasteiger partial charge is 0.255 e. The molecule has 0 heterocycles. The molecular formula is C13H7BrCl2FNO. The summed E-state index contributed by atoms with van der Waals surface area (Å²) in [4.78, 5) is 11.9. The molecule has 0 unspecified atom stereocenters. The van der Waals surface area contributed by atoms with Crippen molar-refractivity contribution in [3.63, 3.8) is 0 Å². The first kappa shape index (κ1) is 14.3. The molecule has 0 bridgehead atoms. The monoisotopic (exact) mass is 361 g/mol. The lowest BCUT2D eigenvalue weighted by molar-refractivity contribution is 0.102. The quantitative estimate of drug-likeness (QED) is 0.786. The molecule has 0 saturated heterocycles. The number of anilines is 1. The number of rotatable bonds is 2. The zero-order valence-electron chi connectivity index (χ0n) is 9.38. The second-order valence-electron chi connectivity index (χ2n) is 3.71. The Kier molecular flexibility index (Phi) is 4.45. The van der Waals surface area contributed by atoms with Crippen LogP contribution in [0.4, 0.5) is 10.1 Å². The summed E-state index contributed by atoms with van der Waals surface area (Å²) in [6, 6.07) is 8.81. The second-order valence-corrected chi connectivity index (χ2v) is 5.41. The molecule has 0 aliphatic heterocycles. The maximum absolute atomic E-state index is 13.3. The van der Waals surface area contributed by atoms with Crippen LogP contribution in [0.3, 0.4) is 0 Å². The van der Waals surface area contributed by atoms with Crippen molar-refractivity contribution in [3.05, 3.63) is 62.3 Å². The fraction of sp³-hybridized carbons (Fsp3) is 0. The molecule has 0 spiro atoms. The molecule has 2 rings (SSSR count). The maximum Gasteiger partial charge on any atom is 0.255 e. The van der Waals surface area contributed by atoms with Crippen molar-refractivity contribution < 1.29 is 9.18 Å². The zero-order valence-corrected chi connectivity index (χ0v) is 12.5. The first-order valence-corrected chi connectivity index (χ1v) is 6.74. The Morgan fingerprint density at radius 3 is 2.53 bits per heavy atom. The van der Waals surface area contributed by atoms with Crippen molar-refractivity contribution in [2.45, 2.75) is 0 Å². The summed E-state index contributed by atoms with van der Waals surface area (Å²) in [7, 11) is 0. The van der Waals surface area contributed by atoms with Crippen LogP contribution < -0.4 is 5.32 Å². The predicted molar refractivity (Wildman–Crippen MR) is 78.5 cm³/mol. The number of hydrogen-bond donors (Lipinski definition) is 1. The number of nitrogens with one attached hydrogen (secondary N) is 1. The highest BCUT2D eigenvalue weighted by Crippen LogP contribution is 2.26. The van der Waals surface area contributed by atoms with Crippen LogP contribution in [0, 0.1) is 5.82 Å². The largest absolute Gasteiger partial charge is 0.321 e. The van der Waals surface area contributed by atoms with Gasteiger partial charge in [-0.3, -0.25) is 4.79 Å². The van der Waals surface area contributed by atoms with Gasteiger partial charge in [-0.05, 0) is 52.3 Å². The summed E-state index contributed by atoms with van der Waals surface area (Å²) in [5.41, 5.74) is 0.730. The molecule has 2 aromatic rings. The van der Waals surface area contributed by atoms with E-state index in [9.17, 15) is 9.18 Å². The van der Waals surface area contributed by atoms with Gasteiger partial charge in [-0.15, -0.1) is 0 Å². The van der Waals surface area contributed by atoms with Crippen LogP contribution in [0.25, 0.3) is 0 Å². The van der Waals surface area contributed by atoms with E-state index in [1.807, 2.05) is 0 Å². The van der Waals surface area contributed by atoms with Crippen LogP contribution in [-0.2, 0) is 0 Å². The van der Waals surface area contributed by atoms with E-state index >= 15 is 0 Å². The minimum absolute atomic E-state index is 0.0239. The van der Waals surface area contributed by atoms with E-state index < -0.39 is 11.7 Å². The molecule has 0 aromatic heterocycles. The average molecular weight is 363 g/mol. The lowest BCUT2D eigenvalue weighted by Crippen LogP contribution is -2.12.